The van der Waals surface area contributed by atoms with Crippen LogP contribution < -0.4 is 14.4 Å². The largest absolute Gasteiger partial charge is 0.497 e. The summed E-state index contributed by atoms with van der Waals surface area (Å²) in [6, 6.07) is 46.1. The molecule has 1 N–H and O–H groups in total. The Kier molecular flexibility index (Phi) is 15.7. The third-order valence-electron chi connectivity index (χ3n) is 12.5. The molecular formula is C55H55F2NO9. The topological polar surface area (TPSA) is 113 Å². The lowest BCUT2D eigenvalue weighted by atomic mass is 9.78. The molecule has 6 aromatic rings. The Morgan fingerprint density at radius 3 is 1.78 bits per heavy atom. The van der Waals surface area contributed by atoms with Gasteiger partial charge in [-0.2, -0.15) is 0 Å². The van der Waals surface area contributed by atoms with E-state index >= 15 is 0 Å². The maximum Gasteiger partial charge on any atom is 0.303 e. The zero-order chi connectivity index (χ0) is 46.7. The number of nitrogens with zero attached hydrogens (tertiary/aromatic N) is 1. The van der Waals surface area contributed by atoms with E-state index in [9.17, 15) is 23.5 Å². The Hall–Kier alpha value is -6.44. The van der Waals surface area contributed by atoms with E-state index in [4.69, 9.17) is 28.4 Å². The van der Waals surface area contributed by atoms with Crippen molar-refractivity contribution in [1.82, 2.24) is 0 Å². The molecule has 12 heteroatoms. The lowest BCUT2D eigenvalue weighted by Crippen LogP contribution is -2.58. The number of hydrogen-bond acceptors (Lipinski definition) is 9. The lowest BCUT2D eigenvalue weighted by molar-refractivity contribution is -0.218. The van der Waals surface area contributed by atoms with Crippen LogP contribution >= 0.6 is 0 Å². The number of carbonyl (C=O) groups excluding carboxylic acids is 2. The van der Waals surface area contributed by atoms with Crippen molar-refractivity contribution in [3.05, 3.63) is 197 Å². The van der Waals surface area contributed by atoms with Gasteiger partial charge in [-0.25, -0.2) is 8.78 Å². The van der Waals surface area contributed by atoms with E-state index in [0.29, 0.717) is 36.3 Å². The van der Waals surface area contributed by atoms with Crippen molar-refractivity contribution in [3.8, 4) is 11.5 Å². The highest BCUT2D eigenvalue weighted by molar-refractivity contribution is 6.03. The Balaban J connectivity index is 1.06. The van der Waals surface area contributed by atoms with Crippen LogP contribution in [0.2, 0.25) is 0 Å². The van der Waals surface area contributed by atoms with Gasteiger partial charge in [0.25, 0.3) is 0 Å². The fourth-order valence-corrected chi connectivity index (χ4v) is 9.12. The second-order valence-corrected chi connectivity index (χ2v) is 17.0. The molecule has 1 saturated carbocycles. The minimum atomic E-state index is -0.689. The first kappa shape index (κ1) is 47.1. The van der Waals surface area contributed by atoms with Gasteiger partial charge in [-0.15, -0.1) is 0 Å². The zero-order valence-electron chi connectivity index (χ0n) is 37.5. The fraction of sp³-hybridized carbons (Fsp3) is 0.309. The number of aliphatic hydroxyl groups excluding tert-OH is 1. The Morgan fingerprint density at radius 2 is 1.21 bits per heavy atom. The summed E-state index contributed by atoms with van der Waals surface area (Å²) in [5.41, 5.74) is 4.86. The van der Waals surface area contributed by atoms with Gasteiger partial charge < -0.3 is 38.4 Å². The molecule has 0 spiro atoms. The van der Waals surface area contributed by atoms with Crippen LogP contribution in [-0.2, 0) is 48.4 Å². The fourth-order valence-electron chi connectivity index (χ4n) is 9.12. The van der Waals surface area contributed by atoms with E-state index in [1.165, 1.54) is 31.2 Å². The van der Waals surface area contributed by atoms with Crippen molar-refractivity contribution < 1.29 is 51.9 Å². The summed E-state index contributed by atoms with van der Waals surface area (Å²) in [5, 5.41) is 11.0. The molecule has 1 heterocycles. The van der Waals surface area contributed by atoms with Crippen molar-refractivity contribution in [2.45, 2.75) is 82.6 Å². The Bertz CT molecular complexity index is 2490. The van der Waals surface area contributed by atoms with Gasteiger partial charge in [0.05, 0.1) is 45.0 Å². The number of anilines is 1. The molecule has 0 radical (unpaired) electrons. The maximum atomic E-state index is 14.1. The molecule has 1 aliphatic heterocycles. The lowest BCUT2D eigenvalue weighted by Gasteiger charge is -2.48. The van der Waals surface area contributed by atoms with Crippen LogP contribution in [0.15, 0.2) is 158 Å². The molecular weight excluding hydrogens is 857 g/mol. The zero-order valence-corrected chi connectivity index (χ0v) is 37.5. The summed E-state index contributed by atoms with van der Waals surface area (Å²) >= 11 is 0. The van der Waals surface area contributed by atoms with E-state index in [1.54, 1.807) is 36.3 Å². The normalized spacial score (nSPS) is 21.8. The molecule has 1 aliphatic carbocycles. The minimum absolute atomic E-state index is 0.154. The molecule has 6 aromatic carbocycles. The van der Waals surface area contributed by atoms with E-state index in [1.807, 2.05) is 109 Å². The van der Waals surface area contributed by atoms with Crippen molar-refractivity contribution in [1.29, 1.82) is 0 Å². The molecule has 67 heavy (non-hydrogen) atoms. The number of halogens is 2. The molecule has 10 nitrogen and oxygen atoms in total. The van der Waals surface area contributed by atoms with E-state index in [2.05, 4.69) is 0 Å². The number of aliphatic hydroxyl groups is 1. The molecule has 2 aliphatic rings. The number of hydrogen-bond donors (Lipinski definition) is 1. The number of benzene rings is 6. The minimum Gasteiger partial charge on any atom is -0.497 e. The van der Waals surface area contributed by atoms with Gasteiger partial charge in [0.1, 0.15) is 47.5 Å². The van der Waals surface area contributed by atoms with Gasteiger partial charge in [-0.3, -0.25) is 9.59 Å². The van der Waals surface area contributed by atoms with Crippen LogP contribution in [0, 0.1) is 23.5 Å². The number of β-lactam (4-membered cyclic amide) rings is 1. The summed E-state index contributed by atoms with van der Waals surface area (Å²) < 4.78 is 66.1. The SMILES string of the molecule is COc1ccc(CO[C@@H]2[C@@H](CO)C[C@@H](Oc3ccc([C@@H]4[C@@H](CC[C@H](OC(C)=O)c5ccc(F)cc5)C(=O)N4c4ccc(F)cc4)cc3)[C@H](OCc3ccccc3)[C@@H]2OCc2ccccc2)cc1. The van der Waals surface area contributed by atoms with E-state index in [-0.39, 0.29) is 38.3 Å². The predicted octanol–water partition coefficient (Wildman–Crippen LogP) is 10.3. The Labute approximate surface area is 390 Å². The smallest absolute Gasteiger partial charge is 0.303 e. The van der Waals surface area contributed by atoms with Crippen LogP contribution in [0.4, 0.5) is 14.5 Å². The van der Waals surface area contributed by atoms with Gasteiger partial charge in [0, 0.05) is 25.1 Å². The van der Waals surface area contributed by atoms with Crippen LogP contribution in [0.25, 0.3) is 0 Å². The van der Waals surface area contributed by atoms with Gasteiger partial charge in [-0.05, 0) is 108 Å². The van der Waals surface area contributed by atoms with Crippen LogP contribution in [0.3, 0.4) is 0 Å². The number of amides is 1. The second kappa shape index (κ2) is 22.4. The highest BCUT2D eigenvalue weighted by atomic mass is 19.1. The maximum absolute atomic E-state index is 14.1. The van der Waals surface area contributed by atoms with Crippen molar-refractivity contribution in [2.24, 2.45) is 11.8 Å². The monoisotopic (exact) mass is 911 g/mol. The average Bonchev–Trinajstić information content (AvgIpc) is 3.35. The second-order valence-electron chi connectivity index (χ2n) is 17.0. The predicted molar refractivity (Wildman–Crippen MR) is 248 cm³/mol. The molecule has 348 valence electrons. The average molecular weight is 912 g/mol. The highest BCUT2D eigenvalue weighted by Gasteiger charge is 2.50. The number of rotatable bonds is 20. The standard InChI is InChI=1S/C55H55F2NO9/c1-36(60)66-49(40-15-19-43(56)20-16-40)30-29-48-51(58(55(48)61)45-23-21-44(57)22-24-45)41-17-27-47(28-18-41)67-50-31-42(32-59)52(63-35-39-13-25-46(62-2)26-14-39)54(65-34-38-11-7-4-8-12-38)53(50)64-33-37-9-5-3-6-10-37/h3-28,42,48-54,59H,29-35H2,1-2H3/t42-,48-,49+,50-,51-,52-,53+,54-/m1/s1. The first-order chi connectivity index (χ1) is 32.7. The molecule has 0 unspecified atom stereocenters. The first-order valence-electron chi connectivity index (χ1n) is 22.6. The van der Waals surface area contributed by atoms with Gasteiger partial charge in [0.2, 0.25) is 5.91 Å². The molecule has 0 bridgehead atoms. The Morgan fingerprint density at radius 1 is 0.672 bits per heavy atom. The van der Waals surface area contributed by atoms with Crippen LogP contribution in [0.5, 0.6) is 11.5 Å². The third kappa shape index (κ3) is 11.8. The van der Waals surface area contributed by atoms with E-state index < -0.39 is 60.1 Å². The molecule has 2 fully saturated rings. The van der Waals surface area contributed by atoms with Gasteiger partial charge in [0.15, 0.2) is 0 Å². The first-order valence-corrected chi connectivity index (χ1v) is 22.6. The molecule has 1 saturated heterocycles. The van der Waals surface area contributed by atoms with Crippen molar-refractivity contribution in [3.63, 3.8) is 0 Å². The summed E-state index contributed by atoms with van der Waals surface area (Å²) in [6.45, 7) is 1.95. The van der Waals surface area contributed by atoms with Crippen LogP contribution in [0.1, 0.15) is 66.1 Å². The van der Waals surface area contributed by atoms with E-state index in [0.717, 1.165) is 28.0 Å². The van der Waals surface area contributed by atoms with Gasteiger partial charge >= 0.3 is 5.97 Å². The van der Waals surface area contributed by atoms with Crippen LogP contribution in [-0.4, -0.2) is 55.1 Å². The van der Waals surface area contributed by atoms with Crippen molar-refractivity contribution >= 4 is 17.6 Å². The summed E-state index contributed by atoms with van der Waals surface area (Å²) in [7, 11) is 1.62. The number of esters is 1. The quantitative estimate of drug-likeness (QED) is 0.0591. The molecule has 8 atom stereocenters. The number of methoxy groups -OCH3 is 1. The third-order valence-corrected chi connectivity index (χ3v) is 12.5. The van der Waals surface area contributed by atoms with Gasteiger partial charge in [-0.1, -0.05) is 97.1 Å². The molecule has 0 aromatic heterocycles. The molecule has 8 rings (SSSR count). The highest BCUT2D eigenvalue weighted by Crippen LogP contribution is 2.47. The van der Waals surface area contributed by atoms with Crippen molar-refractivity contribution in [2.75, 3.05) is 18.6 Å². The summed E-state index contributed by atoms with van der Waals surface area (Å²) in [5.74, 6) is -1.09. The summed E-state index contributed by atoms with van der Waals surface area (Å²) in [4.78, 5) is 27.8. The summed E-state index contributed by atoms with van der Waals surface area (Å²) in [6.07, 6.45) is -2.07. The molecule has 1 amide bonds. The number of carbonyl (C=O) groups is 2. The number of ether oxygens (including phenoxy) is 6.